The number of rotatable bonds is 3. The van der Waals surface area contributed by atoms with Crippen molar-refractivity contribution in [2.75, 3.05) is 24.5 Å². The monoisotopic (exact) mass is 331 g/mol. The van der Waals surface area contributed by atoms with Crippen LogP contribution in [0.3, 0.4) is 0 Å². The first-order valence-corrected chi connectivity index (χ1v) is 8.38. The molecule has 1 atom stereocenters. The minimum absolute atomic E-state index is 0.198. The van der Waals surface area contributed by atoms with E-state index in [0.717, 1.165) is 25.2 Å². The Morgan fingerprint density at radius 2 is 1.64 bits per heavy atom. The fourth-order valence-electron chi connectivity index (χ4n) is 3.71. The van der Waals surface area contributed by atoms with Crippen molar-refractivity contribution in [2.24, 2.45) is 5.92 Å². The Labute approximate surface area is 146 Å². The number of hydrogen-bond acceptors (Lipinski definition) is 4. The van der Waals surface area contributed by atoms with Gasteiger partial charge in [-0.1, -0.05) is 24.3 Å². The predicted molar refractivity (Wildman–Crippen MR) is 93.3 cm³/mol. The lowest BCUT2D eigenvalue weighted by Crippen LogP contribution is -2.35. The lowest BCUT2D eigenvalue weighted by molar-refractivity contribution is 0.0633. The Morgan fingerprint density at radius 1 is 1.00 bits per heavy atom. The highest BCUT2D eigenvalue weighted by Gasteiger charge is 2.37. The molecule has 5 nitrogen and oxygen atoms in total. The van der Waals surface area contributed by atoms with Gasteiger partial charge in [-0.05, 0) is 36.6 Å². The van der Waals surface area contributed by atoms with Crippen molar-refractivity contribution in [2.45, 2.75) is 6.42 Å². The van der Waals surface area contributed by atoms with E-state index in [-0.39, 0.29) is 17.7 Å². The van der Waals surface area contributed by atoms with Crippen LogP contribution in [0.1, 0.15) is 32.7 Å². The quantitative estimate of drug-likeness (QED) is 0.811. The van der Waals surface area contributed by atoms with Crippen molar-refractivity contribution in [3.05, 3.63) is 65.2 Å². The summed E-state index contributed by atoms with van der Waals surface area (Å²) in [6.07, 6.45) is 0.896. The van der Waals surface area contributed by atoms with Crippen LogP contribution in [0, 0.1) is 17.2 Å². The van der Waals surface area contributed by atoms with Gasteiger partial charge in [-0.3, -0.25) is 14.5 Å². The number of carbonyl (C=O) groups excluding carboxylic acids is 2. The van der Waals surface area contributed by atoms with Crippen LogP contribution in [-0.4, -0.2) is 36.3 Å². The number of hydrogen-bond donors (Lipinski definition) is 0. The molecule has 2 amide bonds. The smallest absolute Gasteiger partial charge is 0.261 e. The number of carbonyl (C=O) groups is 2. The van der Waals surface area contributed by atoms with Gasteiger partial charge >= 0.3 is 0 Å². The number of nitriles is 1. The molecule has 25 heavy (non-hydrogen) atoms. The number of nitrogens with zero attached hydrogens (tertiary/aromatic N) is 3. The van der Waals surface area contributed by atoms with E-state index in [1.807, 2.05) is 24.3 Å². The third-order valence-corrected chi connectivity index (χ3v) is 4.97. The molecule has 2 aliphatic heterocycles. The molecule has 1 saturated heterocycles. The van der Waals surface area contributed by atoms with E-state index in [1.54, 1.807) is 24.3 Å². The molecule has 0 aliphatic carbocycles. The predicted octanol–water partition coefficient (Wildman–Crippen LogP) is 2.68. The number of anilines is 1. The van der Waals surface area contributed by atoms with Crippen LogP contribution >= 0.6 is 0 Å². The summed E-state index contributed by atoms with van der Waals surface area (Å²) < 4.78 is 0. The number of fused-ring (bicyclic) bond motifs is 1. The Bertz CT molecular complexity index is 865. The standard InChI is InChI=1S/C20H17N3O2/c21-11-15-5-1-4-8-18(15)22-10-9-14(12-22)13-23-19(24)16-6-2-3-7-17(16)20(23)25/h1-8,14H,9-10,12-13H2. The topological polar surface area (TPSA) is 64.4 Å². The maximum absolute atomic E-state index is 12.5. The van der Waals surface area contributed by atoms with Crippen LogP contribution in [0.4, 0.5) is 5.69 Å². The second-order valence-corrected chi connectivity index (χ2v) is 6.50. The molecule has 2 aromatic rings. The largest absolute Gasteiger partial charge is 0.370 e. The van der Waals surface area contributed by atoms with Gasteiger partial charge in [0.15, 0.2) is 0 Å². The zero-order valence-corrected chi connectivity index (χ0v) is 13.7. The second-order valence-electron chi connectivity index (χ2n) is 6.50. The summed E-state index contributed by atoms with van der Waals surface area (Å²) in [5.74, 6) is -0.179. The maximum Gasteiger partial charge on any atom is 0.261 e. The molecule has 0 radical (unpaired) electrons. The van der Waals surface area contributed by atoms with Gasteiger partial charge in [-0.25, -0.2) is 0 Å². The highest BCUT2D eigenvalue weighted by molar-refractivity contribution is 6.21. The first-order chi connectivity index (χ1) is 12.2. The van der Waals surface area contributed by atoms with Gasteiger partial charge in [0, 0.05) is 19.6 Å². The number of amides is 2. The molecular formula is C20H17N3O2. The van der Waals surface area contributed by atoms with Crippen LogP contribution in [0.2, 0.25) is 0 Å². The van der Waals surface area contributed by atoms with E-state index in [2.05, 4.69) is 11.0 Å². The highest BCUT2D eigenvalue weighted by Crippen LogP contribution is 2.29. The van der Waals surface area contributed by atoms with Crippen LogP contribution in [0.15, 0.2) is 48.5 Å². The average Bonchev–Trinajstić information content (AvgIpc) is 3.21. The molecule has 2 heterocycles. The van der Waals surface area contributed by atoms with Crippen molar-refractivity contribution in [3.8, 4) is 6.07 Å². The van der Waals surface area contributed by atoms with Crippen LogP contribution in [0.25, 0.3) is 0 Å². The molecular weight excluding hydrogens is 314 g/mol. The Kier molecular flexibility index (Phi) is 3.73. The van der Waals surface area contributed by atoms with E-state index in [9.17, 15) is 14.9 Å². The highest BCUT2D eigenvalue weighted by atomic mass is 16.2. The van der Waals surface area contributed by atoms with Gasteiger partial charge in [0.05, 0.1) is 22.4 Å². The minimum atomic E-state index is -0.198. The van der Waals surface area contributed by atoms with Crippen molar-refractivity contribution < 1.29 is 9.59 Å². The molecule has 1 unspecified atom stereocenters. The normalized spacial score (nSPS) is 19.2. The van der Waals surface area contributed by atoms with Crippen molar-refractivity contribution in [3.63, 3.8) is 0 Å². The molecule has 0 aromatic heterocycles. The Balaban J connectivity index is 1.48. The summed E-state index contributed by atoms with van der Waals surface area (Å²) in [7, 11) is 0. The van der Waals surface area contributed by atoms with Crippen LogP contribution in [-0.2, 0) is 0 Å². The summed E-state index contributed by atoms with van der Waals surface area (Å²) in [5, 5.41) is 9.27. The minimum Gasteiger partial charge on any atom is -0.370 e. The average molecular weight is 331 g/mol. The third kappa shape index (κ3) is 2.56. The lowest BCUT2D eigenvalue weighted by atomic mass is 10.1. The summed E-state index contributed by atoms with van der Waals surface area (Å²) in [5.41, 5.74) is 2.58. The summed E-state index contributed by atoms with van der Waals surface area (Å²) in [6, 6.07) is 16.7. The molecule has 2 aromatic carbocycles. The summed E-state index contributed by atoms with van der Waals surface area (Å²) >= 11 is 0. The SMILES string of the molecule is N#Cc1ccccc1N1CCC(CN2C(=O)c3ccccc3C2=O)C1. The molecule has 0 spiro atoms. The van der Waals surface area contributed by atoms with Crippen LogP contribution < -0.4 is 4.90 Å². The number of para-hydroxylation sites is 1. The zero-order chi connectivity index (χ0) is 17.4. The summed E-state index contributed by atoms with van der Waals surface area (Å²) in [4.78, 5) is 28.5. The fourth-order valence-corrected chi connectivity index (χ4v) is 3.71. The van der Waals surface area contributed by atoms with Crippen molar-refractivity contribution in [1.29, 1.82) is 5.26 Å². The van der Waals surface area contributed by atoms with Gasteiger partial charge < -0.3 is 4.90 Å². The van der Waals surface area contributed by atoms with E-state index in [0.29, 0.717) is 23.2 Å². The molecule has 0 saturated carbocycles. The van der Waals surface area contributed by atoms with Gasteiger partial charge in [0.2, 0.25) is 0 Å². The molecule has 4 rings (SSSR count). The number of imide groups is 1. The van der Waals surface area contributed by atoms with Crippen LogP contribution in [0.5, 0.6) is 0 Å². The molecule has 5 heteroatoms. The van der Waals surface area contributed by atoms with Gasteiger partial charge in [-0.2, -0.15) is 5.26 Å². The molecule has 124 valence electrons. The second kappa shape index (κ2) is 6.06. The third-order valence-electron chi connectivity index (χ3n) is 4.97. The number of benzene rings is 2. The maximum atomic E-state index is 12.5. The first-order valence-electron chi connectivity index (χ1n) is 8.38. The molecule has 0 bridgehead atoms. The van der Waals surface area contributed by atoms with E-state index < -0.39 is 0 Å². The Morgan fingerprint density at radius 3 is 2.32 bits per heavy atom. The molecule has 2 aliphatic rings. The van der Waals surface area contributed by atoms with E-state index in [1.165, 1.54) is 4.90 Å². The Hall–Kier alpha value is -3.13. The van der Waals surface area contributed by atoms with Gasteiger partial charge in [-0.15, -0.1) is 0 Å². The van der Waals surface area contributed by atoms with Crippen molar-refractivity contribution >= 4 is 17.5 Å². The molecule has 1 fully saturated rings. The zero-order valence-electron chi connectivity index (χ0n) is 13.7. The molecule has 0 N–H and O–H groups in total. The summed E-state index contributed by atoms with van der Waals surface area (Å²) in [6.45, 7) is 2.00. The van der Waals surface area contributed by atoms with E-state index >= 15 is 0 Å². The van der Waals surface area contributed by atoms with Crippen molar-refractivity contribution in [1.82, 2.24) is 4.90 Å². The van der Waals surface area contributed by atoms with E-state index in [4.69, 9.17) is 0 Å². The van der Waals surface area contributed by atoms with Gasteiger partial charge in [0.1, 0.15) is 6.07 Å². The van der Waals surface area contributed by atoms with Gasteiger partial charge in [0.25, 0.3) is 11.8 Å². The fraction of sp³-hybridized carbons (Fsp3) is 0.250. The first kappa shape index (κ1) is 15.4. The lowest BCUT2D eigenvalue weighted by Gasteiger charge is -2.22.